The third-order valence-electron chi connectivity index (χ3n) is 0.775. The van der Waals surface area contributed by atoms with Crippen LogP contribution in [0.3, 0.4) is 0 Å². The van der Waals surface area contributed by atoms with Gasteiger partial charge in [0, 0.05) is 18.0 Å². The van der Waals surface area contributed by atoms with Gasteiger partial charge in [0.15, 0.2) is 0 Å². The molecule has 0 aromatic rings. The zero-order chi connectivity index (χ0) is 5.11. The molecule has 1 aliphatic heterocycles. The van der Waals surface area contributed by atoms with Gasteiger partial charge in [-0.05, 0) is 6.08 Å². The second-order valence-corrected chi connectivity index (χ2v) is 1.79. The molecular weight excluding hydrogens is 110 g/mol. The Balaban J connectivity index is 2.49. The highest BCUT2D eigenvalue weighted by Crippen LogP contribution is 1.99. The highest BCUT2D eigenvalue weighted by Gasteiger charge is 1.89. The minimum atomic E-state index is 0.818. The summed E-state index contributed by atoms with van der Waals surface area (Å²) in [6.45, 7) is 0.818. The first-order valence-electron chi connectivity index (χ1n) is 2.15. The van der Waals surface area contributed by atoms with Crippen LogP contribution in [0.15, 0.2) is 24.4 Å². The molecule has 0 amide bonds. The van der Waals surface area contributed by atoms with Gasteiger partial charge in [0.1, 0.15) is 0 Å². The molecule has 0 aliphatic carbocycles. The Hall–Kier alpha value is -0.430. The minimum Gasteiger partial charge on any atom is -0.289 e. The zero-order valence-corrected chi connectivity index (χ0v) is 4.60. The molecule has 0 spiro atoms. The summed E-state index contributed by atoms with van der Waals surface area (Å²) in [4.78, 5) is 0. The Morgan fingerprint density at radius 2 is 2.29 bits per heavy atom. The smallest absolute Gasteiger partial charge is 0.0526 e. The van der Waals surface area contributed by atoms with Crippen molar-refractivity contribution in [3.05, 3.63) is 24.4 Å². The first kappa shape index (κ1) is 4.72. The predicted octanol–water partition coefficient (Wildman–Crippen LogP) is 1.53. The Morgan fingerprint density at radius 1 is 1.43 bits per heavy atom. The second kappa shape index (κ2) is 2.03. The molecule has 0 radical (unpaired) electrons. The van der Waals surface area contributed by atoms with Gasteiger partial charge in [0.25, 0.3) is 0 Å². The minimum absolute atomic E-state index is 0.818. The van der Waals surface area contributed by atoms with E-state index in [2.05, 4.69) is 0 Å². The van der Waals surface area contributed by atoms with Crippen LogP contribution in [-0.2, 0) is 0 Å². The van der Waals surface area contributed by atoms with Crippen molar-refractivity contribution < 1.29 is 0 Å². The monoisotopic (exact) mass is 115 g/mol. The molecule has 1 rings (SSSR count). The van der Waals surface area contributed by atoms with Crippen LogP contribution in [0.1, 0.15) is 0 Å². The lowest BCUT2D eigenvalue weighted by Gasteiger charge is -2.07. The van der Waals surface area contributed by atoms with Crippen molar-refractivity contribution in [2.75, 3.05) is 6.54 Å². The maximum atomic E-state index is 5.51. The summed E-state index contributed by atoms with van der Waals surface area (Å²) in [5.41, 5.74) is 0. The SMILES string of the molecule is ClN1C=CC=CC1. The van der Waals surface area contributed by atoms with E-state index in [-0.39, 0.29) is 0 Å². The van der Waals surface area contributed by atoms with E-state index < -0.39 is 0 Å². The Bertz CT molecular complexity index is 107. The second-order valence-electron chi connectivity index (χ2n) is 1.35. The van der Waals surface area contributed by atoms with E-state index >= 15 is 0 Å². The van der Waals surface area contributed by atoms with E-state index in [1.54, 1.807) is 4.42 Å². The number of hydrogen-bond donors (Lipinski definition) is 0. The van der Waals surface area contributed by atoms with Crippen LogP contribution in [-0.4, -0.2) is 11.0 Å². The summed E-state index contributed by atoms with van der Waals surface area (Å²) < 4.78 is 1.60. The van der Waals surface area contributed by atoms with Gasteiger partial charge in [-0.2, -0.15) is 0 Å². The summed E-state index contributed by atoms with van der Waals surface area (Å²) in [7, 11) is 0. The van der Waals surface area contributed by atoms with Crippen molar-refractivity contribution in [3.63, 3.8) is 0 Å². The first-order chi connectivity index (χ1) is 3.39. The molecule has 0 saturated carbocycles. The fraction of sp³-hybridized carbons (Fsp3) is 0.200. The van der Waals surface area contributed by atoms with E-state index in [0.717, 1.165) is 6.54 Å². The Labute approximate surface area is 48.0 Å². The van der Waals surface area contributed by atoms with Crippen molar-refractivity contribution in [2.24, 2.45) is 0 Å². The Morgan fingerprint density at radius 3 is 2.57 bits per heavy atom. The van der Waals surface area contributed by atoms with Crippen LogP contribution in [0, 0.1) is 0 Å². The molecule has 0 fully saturated rings. The van der Waals surface area contributed by atoms with Crippen molar-refractivity contribution in [1.29, 1.82) is 0 Å². The van der Waals surface area contributed by atoms with Crippen LogP contribution in [0.4, 0.5) is 0 Å². The van der Waals surface area contributed by atoms with Gasteiger partial charge in [-0.15, -0.1) is 0 Å². The van der Waals surface area contributed by atoms with E-state index in [1.807, 2.05) is 24.4 Å². The molecule has 1 nitrogen and oxygen atoms in total. The summed E-state index contributed by atoms with van der Waals surface area (Å²) in [6.07, 6.45) is 7.68. The maximum Gasteiger partial charge on any atom is 0.0526 e. The van der Waals surface area contributed by atoms with Crippen LogP contribution >= 0.6 is 11.8 Å². The van der Waals surface area contributed by atoms with Crippen LogP contribution in [0.25, 0.3) is 0 Å². The fourth-order valence-electron chi connectivity index (χ4n) is 0.444. The zero-order valence-electron chi connectivity index (χ0n) is 3.84. The number of halogens is 1. The summed E-state index contributed by atoms with van der Waals surface area (Å²) in [5.74, 6) is 0. The lowest BCUT2D eigenvalue weighted by atomic mass is 10.4. The molecule has 0 saturated heterocycles. The molecule has 0 unspecified atom stereocenters. The lowest BCUT2D eigenvalue weighted by molar-refractivity contribution is 0.670. The first-order valence-corrected chi connectivity index (χ1v) is 2.49. The molecule has 0 N–H and O–H groups in total. The van der Waals surface area contributed by atoms with Crippen molar-refractivity contribution in [3.8, 4) is 0 Å². The fourth-order valence-corrected chi connectivity index (χ4v) is 0.589. The van der Waals surface area contributed by atoms with E-state index in [1.165, 1.54) is 0 Å². The van der Waals surface area contributed by atoms with E-state index in [9.17, 15) is 0 Å². The van der Waals surface area contributed by atoms with E-state index in [0.29, 0.717) is 0 Å². The number of allylic oxidation sites excluding steroid dienone is 2. The lowest BCUT2D eigenvalue weighted by Crippen LogP contribution is -2.04. The average Bonchev–Trinajstić information content (AvgIpc) is 1.69. The van der Waals surface area contributed by atoms with E-state index in [4.69, 9.17) is 11.8 Å². The number of nitrogens with zero attached hydrogens (tertiary/aromatic N) is 1. The molecular formula is C5H6ClN. The summed E-state index contributed by atoms with van der Waals surface area (Å²) in [5, 5.41) is 0. The maximum absolute atomic E-state index is 5.51. The molecule has 2 heteroatoms. The molecule has 7 heavy (non-hydrogen) atoms. The average molecular weight is 116 g/mol. The molecule has 38 valence electrons. The largest absolute Gasteiger partial charge is 0.289 e. The van der Waals surface area contributed by atoms with Crippen molar-refractivity contribution in [1.82, 2.24) is 4.42 Å². The molecule has 0 aromatic carbocycles. The van der Waals surface area contributed by atoms with Gasteiger partial charge in [-0.25, -0.2) is 0 Å². The summed E-state index contributed by atoms with van der Waals surface area (Å²) in [6, 6.07) is 0. The standard InChI is InChI=1S/C5H6ClN/c6-7-4-2-1-3-5-7/h1-4H,5H2. The molecule has 1 heterocycles. The van der Waals surface area contributed by atoms with Gasteiger partial charge in [0.2, 0.25) is 0 Å². The van der Waals surface area contributed by atoms with Crippen LogP contribution < -0.4 is 0 Å². The van der Waals surface area contributed by atoms with Gasteiger partial charge >= 0.3 is 0 Å². The third-order valence-corrected chi connectivity index (χ3v) is 1.03. The van der Waals surface area contributed by atoms with Gasteiger partial charge in [0.05, 0.1) is 6.54 Å². The molecule has 1 aliphatic rings. The van der Waals surface area contributed by atoms with Gasteiger partial charge in [-0.1, -0.05) is 12.2 Å². The van der Waals surface area contributed by atoms with Gasteiger partial charge in [-0.3, -0.25) is 4.42 Å². The van der Waals surface area contributed by atoms with Gasteiger partial charge < -0.3 is 0 Å². The molecule has 0 atom stereocenters. The van der Waals surface area contributed by atoms with Crippen molar-refractivity contribution in [2.45, 2.75) is 0 Å². The predicted molar refractivity (Wildman–Crippen MR) is 30.8 cm³/mol. The summed E-state index contributed by atoms with van der Waals surface area (Å²) >= 11 is 5.51. The Kier molecular flexibility index (Phi) is 1.37. The molecule has 0 aromatic heterocycles. The van der Waals surface area contributed by atoms with Crippen molar-refractivity contribution >= 4 is 11.8 Å². The quantitative estimate of drug-likeness (QED) is 0.433. The molecule has 0 bridgehead atoms. The normalized spacial score (nSPS) is 18.1. The third kappa shape index (κ3) is 1.24. The van der Waals surface area contributed by atoms with Crippen LogP contribution in [0.2, 0.25) is 0 Å². The highest BCUT2D eigenvalue weighted by atomic mass is 35.5. The topological polar surface area (TPSA) is 3.24 Å². The number of rotatable bonds is 0. The number of hydrogen-bond acceptors (Lipinski definition) is 1. The van der Waals surface area contributed by atoms with Crippen LogP contribution in [0.5, 0.6) is 0 Å². The highest BCUT2D eigenvalue weighted by molar-refractivity contribution is 6.14.